The molecule has 0 aromatic heterocycles. The molecule has 6 rings (SSSR count). The van der Waals surface area contributed by atoms with E-state index in [0.717, 1.165) is 11.8 Å². The fourth-order valence-electron chi connectivity index (χ4n) is 6.35. The number of hydrogen-bond donors (Lipinski definition) is 0. The first-order valence-electron chi connectivity index (χ1n) is 9.80. The molecular formula is C21H25ClN2O2. The first-order valence-corrected chi connectivity index (χ1v) is 10.2. The molecule has 0 unspecified atom stereocenters. The van der Waals surface area contributed by atoms with Gasteiger partial charge in [0.15, 0.2) is 0 Å². The van der Waals surface area contributed by atoms with E-state index in [1.54, 1.807) is 17.1 Å². The lowest BCUT2D eigenvalue weighted by Crippen LogP contribution is -2.80. The van der Waals surface area contributed by atoms with Gasteiger partial charge in [0.2, 0.25) is 0 Å². The van der Waals surface area contributed by atoms with Crippen LogP contribution in [0.1, 0.15) is 56.3 Å². The molecule has 0 radical (unpaired) electrons. The summed E-state index contributed by atoms with van der Waals surface area (Å²) in [5.41, 5.74) is -0.325. The highest BCUT2D eigenvalue weighted by Gasteiger charge is 2.62. The molecule has 4 aliphatic carbocycles. The van der Waals surface area contributed by atoms with Crippen molar-refractivity contribution in [2.75, 3.05) is 0 Å². The SMILES string of the molecule is CC1(C)C(=O)N(C2C3CC4CC(C3)CC2C4)N1C(=O)c1ccccc1Cl. The van der Waals surface area contributed by atoms with Gasteiger partial charge in [-0.05, 0) is 81.8 Å². The average molecular weight is 373 g/mol. The molecule has 5 aliphatic rings. The second-order valence-electron chi connectivity index (χ2n) is 9.23. The molecule has 0 spiro atoms. The zero-order valence-electron chi connectivity index (χ0n) is 15.3. The van der Waals surface area contributed by atoms with Gasteiger partial charge >= 0.3 is 0 Å². The van der Waals surface area contributed by atoms with Gasteiger partial charge in [-0.25, -0.2) is 10.0 Å². The fourth-order valence-corrected chi connectivity index (χ4v) is 6.57. The Labute approximate surface area is 159 Å². The Bertz CT molecular complexity index is 762. The Hall–Kier alpha value is -1.55. The number of rotatable bonds is 2. The smallest absolute Gasteiger partial charge is 0.270 e. The van der Waals surface area contributed by atoms with E-state index in [9.17, 15) is 9.59 Å². The summed E-state index contributed by atoms with van der Waals surface area (Å²) < 4.78 is 0. The second kappa shape index (κ2) is 5.48. The van der Waals surface area contributed by atoms with Gasteiger partial charge in [0, 0.05) is 0 Å². The van der Waals surface area contributed by atoms with Gasteiger partial charge in [0.25, 0.3) is 11.8 Å². The third-order valence-corrected chi connectivity index (χ3v) is 7.56. The van der Waals surface area contributed by atoms with Crippen molar-refractivity contribution in [3.8, 4) is 0 Å². The van der Waals surface area contributed by atoms with Crippen LogP contribution in [0, 0.1) is 23.7 Å². The summed E-state index contributed by atoms with van der Waals surface area (Å²) in [5, 5.41) is 3.96. The van der Waals surface area contributed by atoms with Crippen LogP contribution in [0.3, 0.4) is 0 Å². The maximum Gasteiger partial charge on any atom is 0.274 e. The monoisotopic (exact) mass is 372 g/mol. The van der Waals surface area contributed by atoms with Crippen LogP contribution < -0.4 is 0 Å². The minimum Gasteiger partial charge on any atom is -0.270 e. The molecule has 1 aliphatic heterocycles. The number of benzene rings is 1. The van der Waals surface area contributed by atoms with Crippen molar-refractivity contribution in [1.82, 2.24) is 10.0 Å². The van der Waals surface area contributed by atoms with Crippen LogP contribution in [0.2, 0.25) is 5.02 Å². The Morgan fingerprint density at radius 1 is 1.04 bits per heavy atom. The Morgan fingerprint density at radius 3 is 2.19 bits per heavy atom. The van der Waals surface area contributed by atoms with E-state index in [0.29, 0.717) is 22.4 Å². The standard InChI is InChI=1S/C21H25ClN2O2/c1-21(2)20(26)23(24(21)19(25)16-5-3-4-6-17(16)22)18-14-8-12-7-13(10-14)11-15(18)9-12/h3-6,12-15,18H,7-11H2,1-2H3. The largest absolute Gasteiger partial charge is 0.274 e. The fraction of sp³-hybridized carbons (Fsp3) is 0.619. The molecule has 4 nitrogen and oxygen atoms in total. The number of carbonyl (C=O) groups excluding carboxylic acids is 2. The summed E-state index contributed by atoms with van der Waals surface area (Å²) in [6.45, 7) is 3.69. The molecule has 4 saturated carbocycles. The molecule has 5 fully saturated rings. The van der Waals surface area contributed by atoms with Crippen LogP contribution in [-0.4, -0.2) is 33.4 Å². The molecule has 26 heavy (non-hydrogen) atoms. The number of halogens is 1. The zero-order valence-corrected chi connectivity index (χ0v) is 16.1. The summed E-state index contributed by atoms with van der Waals surface area (Å²) >= 11 is 6.28. The molecule has 1 saturated heterocycles. The van der Waals surface area contributed by atoms with Crippen molar-refractivity contribution in [3.63, 3.8) is 0 Å². The van der Waals surface area contributed by atoms with E-state index >= 15 is 0 Å². The highest BCUT2D eigenvalue weighted by molar-refractivity contribution is 6.34. The van der Waals surface area contributed by atoms with Crippen LogP contribution in [0.25, 0.3) is 0 Å². The van der Waals surface area contributed by atoms with Gasteiger partial charge in [0.05, 0.1) is 16.6 Å². The minimum absolute atomic E-state index is 0.0791. The van der Waals surface area contributed by atoms with Crippen LogP contribution in [0.15, 0.2) is 24.3 Å². The Morgan fingerprint density at radius 2 is 1.62 bits per heavy atom. The molecule has 4 bridgehead atoms. The molecule has 0 atom stereocenters. The van der Waals surface area contributed by atoms with Crippen molar-refractivity contribution in [2.45, 2.75) is 57.5 Å². The van der Waals surface area contributed by atoms with Gasteiger partial charge in [-0.3, -0.25) is 9.59 Å². The minimum atomic E-state index is -0.801. The predicted octanol–water partition coefficient (Wildman–Crippen LogP) is 4.14. The summed E-state index contributed by atoms with van der Waals surface area (Å²) in [4.78, 5) is 26.3. The highest BCUT2D eigenvalue weighted by atomic mass is 35.5. The van der Waals surface area contributed by atoms with Crippen molar-refractivity contribution >= 4 is 23.4 Å². The van der Waals surface area contributed by atoms with E-state index in [1.807, 2.05) is 31.0 Å². The molecule has 2 amide bonds. The predicted molar refractivity (Wildman–Crippen MR) is 99.4 cm³/mol. The highest BCUT2D eigenvalue weighted by Crippen LogP contribution is 2.57. The van der Waals surface area contributed by atoms with Crippen LogP contribution >= 0.6 is 11.6 Å². The van der Waals surface area contributed by atoms with Gasteiger partial charge in [-0.2, -0.15) is 0 Å². The summed E-state index contributed by atoms with van der Waals surface area (Å²) in [5.74, 6) is 2.70. The molecule has 0 N–H and O–H groups in total. The van der Waals surface area contributed by atoms with E-state index < -0.39 is 5.54 Å². The number of hydrogen-bond acceptors (Lipinski definition) is 2. The van der Waals surface area contributed by atoms with Crippen molar-refractivity contribution in [1.29, 1.82) is 0 Å². The molecule has 1 heterocycles. The Kier molecular flexibility index (Phi) is 3.50. The van der Waals surface area contributed by atoms with Gasteiger partial charge < -0.3 is 0 Å². The normalized spacial score (nSPS) is 37.0. The van der Waals surface area contributed by atoms with E-state index in [1.165, 1.54) is 32.1 Å². The molecule has 138 valence electrons. The van der Waals surface area contributed by atoms with Crippen molar-refractivity contribution in [3.05, 3.63) is 34.9 Å². The van der Waals surface area contributed by atoms with E-state index in [-0.39, 0.29) is 17.9 Å². The molecule has 1 aromatic carbocycles. The first kappa shape index (κ1) is 16.6. The summed E-state index contributed by atoms with van der Waals surface area (Å²) in [6, 6.07) is 7.31. The van der Waals surface area contributed by atoms with Crippen LogP contribution in [-0.2, 0) is 4.79 Å². The van der Waals surface area contributed by atoms with Gasteiger partial charge in [-0.1, -0.05) is 23.7 Å². The summed E-state index contributed by atoms with van der Waals surface area (Å²) in [7, 11) is 0. The molecular weight excluding hydrogens is 348 g/mol. The van der Waals surface area contributed by atoms with E-state index in [2.05, 4.69) is 0 Å². The maximum atomic E-state index is 13.3. The average Bonchev–Trinajstić information content (AvgIpc) is 2.59. The maximum absolute atomic E-state index is 13.3. The van der Waals surface area contributed by atoms with E-state index in [4.69, 9.17) is 11.6 Å². The van der Waals surface area contributed by atoms with Gasteiger partial charge in [-0.15, -0.1) is 0 Å². The molecule has 5 heteroatoms. The number of carbonyl (C=O) groups is 2. The van der Waals surface area contributed by atoms with Crippen LogP contribution in [0.4, 0.5) is 0 Å². The van der Waals surface area contributed by atoms with Crippen LogP contribution in [0.5, 0.6) is 0 Å². The third kappa shape index (κ3) is 2.14. The van der Waals surface area contributed by atoms with Gasteiger partial charge in [0.1, 0.15) is 5.54 Å². The Balaban J connectivity index is 1.49. The quantitative estimate of drug-likeness (QED) is 0.782. The lowest BCUT2D eigenvalue weighted by atomic mass is 9.53. The summed E-state index contributed by atoms with van der Waals surface area (Å²) in [6.07, 6.45) is 6.25. The van der Waals surface area contributed by atoms with Crippen molar-refractivity contribution < 1.29 is 9.59 Å². The lowest BCUT2D eigenvalue weighted by molar-refractivity contribution is -0.230. The first-order chi connectivity index (χ1) is 12.4. The third-order valence-electron chi connectivity index (χ3n) is 7.23. The lowest BCUT2D eigenvalue weighted by Gasteiger charge is -2.65. The number of nitrogens with zero attached hydrogens (tertiary/aromatic N) is 2. The molecule has 1 aromatic rings. The number of hydrazine groups is 1. The van der Waals surface area contributed by atoms with Crippen molar-refractivity contribution in [2.24, 2.45) is 23.7 Å². The number of amides is 2. The zero-order chi connectivity index (χ0) is 18.2. The topological polar surface area (TPSA) is 40.6 Å². The second-order valence-corrected chi connectivity index (χ2v) is 9.63.